The molecule has 1 aromatic heterocycles. The van der Waals surface area contributed by atoms with E-state index in [1.54, 1.807) is 12.4 Å². The van der Waals surface area contributed by atoms with Crippen LogP contribution in [0.1, 0.15) is 5.56 Å². The van der Waals surface area contributed by atoms with E-state index in [9.17, 15) is 0 Å². The lowest BCUT2D eigenvalue weighted by atomic mass is 10.0. The Hall–Kier alpha value is -0.800. The predicted molar refractivity (Wildman–Crippen MR) is 79.3 cm³/mol. The van der Waals surface area contributed by atoms with E-state index in [4.69, 9.17) is 5.73 Å². The van der Waals surface area contributed by atoms with E-state index in [2.05, 4.69) is 17.1 Å². The third-order valence-electron chi connectivity index (χ3n) is 2.18. The lowest BCUT2D eigenvalue weighted by molar-refractivity contribution is 1.07. The zero-order chi connectivity index (χ0) is 9.80. The average molecular weight is 294 g/mol. The van der Waals surface area contributed by atoms with Crippen LogP contribution in [-0.2, 0) is 6.54 Å². The van der Waals surface area contributed by atoms with Crippen LogP contribution >= 0.6 is 37.2 Å². The van der Waals surface area contributed by atoms with Crippen molar-refractivity contribution in [1.82, 2.24) is 4.98 Å². The first-order valence-corrected chi connectivity index (χ1v) is 4.59. The summed E-state index contributed by atoms with van der Waals surface area (Å²) in [7, 11) is 0. The molecule has 2 nitrogen and oxygen atoms in total. The highest BCUT2D eigenvalue weighted by Crippen LogP contribution is 2.18. The summed E-state index contributed by atoms with van der Waals surface area (Å²) >= 11 is 0. The van der Waals surface area contributed by atoms with Crippen molar-refractivity contribution in [2.45, 2.75) is 6.54 Å². The summed E-state index contributed by atoms with van der Waals surface area (Å²) in [5.74, 6) is 0. The molecule has 2 rings (SSSR count). The molecule has 0 bridgehead atoms. The molecule has 0 radical (unpaired) electrons. The number of nitrogens with two attached hydrogens (primary N) is 1. The Kier molecular flexibility index (Phi) is 10.1. The highest BCUT2D eigenvalue weighted by Gasteiger charge is 1.96. The van der Waals surface area contributed by atoms with Gasteiger partial charge < -0.3 is 5.73 Å². The maximum absolute atomic E-state index is 5.58. The number of rotatable bonds is 2. The van der Waals surface area contributed by atoms with Crippen molar-refractivity contribution in [3.63, 3.8) is 0 Å². The van der Waals surface area contributed by atoms with E-state index in [0.717, 1.165) is 5.56 Å². The van der Waals surface area contributed by atoms with Gasteiger partial charge in [0.1, 0.15) is 0 Å². The van der Waals surface area contributed by atoms with Crippen molar-refractivity contribution in [3.05, 3.63) is 54.4 Å². The number of nitrogens with zero attached hydrogens (tertiary/aromatic N) is 1. The molecular formula is C12H15Cl3N2. The summed E-state index contributed by atoms with van der Waals surface area (Å²) in [6.45, 7) is 0.582. The van der Waals surface area contributed by atoms with Gasteiger partial charge in [-0.1, -0.05) is 18.2 Å². The fourth-order valence-electron chi connectivity index (χ4n) is 1.42. The topological polar surface area (TPSA) is 38.9 Å². The summed E-state index contributed by atoms with van der Waals surface area (Å²) < 4.78 is 0. The van der Waals surface area contributed by atoms with E-state index in [-0.39, 0.29) is 37.2 Å². The first-order valence-electron chi connectivity index (χ1n) is 4.59. The second-order valence-corrected chi connectivity index (χ2v) is 3.14. The zero-order valence-electron chi connectivity index (χ0n) is 9.08. The highest BCUT2D eigenvalue weighted by molar-refractivity contribution is 5.86. The molecule has 0 atom stereocenters. The van der Waals surface area contributed by atoms with Crippen LogP contribution in [0.4, 0.5) is 0 Å². The second kappa shape index (κ2) is 9.25. The standard InChI is InChI=1S/C12H12N2.3ClH/c13-9-10-2-1-3-12(8-10)11-4-6-14-7-5-11;;;/h1-8H,9,13H2;3*1H. The molecule has 0 aliphatic rings. The first kappa shape index (κ1) is 18.6. The van der Waals surface area contributed by atoms with Crippen LogP contribution in [-0.4, -0.2) is 4.98 Å². The van der Waals surface area contributed by atoms with Crippen LogP contribution in [0.25, 0.3) is 11.1 Å². The molecule has 5 heteroatoms. The Labute approximate surface area is 120 Å². The van der Waals surface area contributed by atoms with Crippen molar-refractivity contribution in [2.24, 2.45) is 5.73 Å². The van der Waals surface area contributed by atoms with Gasteiger partial charge in [0.05, 0.1) is 0 Å². The van der Waals surface area contributed by atoms with Gasteiger partial charge in [-0.25, -0.2) is 0 Å². The minimum Gasteiger partial charge on any atom is -0.326 e. The lowest BCUT2D eigenvalue weighted by Crippen LogP contribution is -1.95. The SMILES string of the molecule is Cl.Cl.Cl.NCc1cccc(-c2ccncc2)c1. The predicted octanol–water partition coefficient (Wildman–Crippen LogP) is 3.47. The van der Waals surface area contributed by atoms with Crippen LogP contribution < -0.4 is 5.73 Å². The van der Waals surface area contributed by atoms with Gasteiger partial charge in [-0.3, -0.25) is 4.98 Å². The number of halogens is 3. The van der Waals surface area contributed by atoms with Crippen LogP contribution in [0.2, 0.25) is 0 Å². The molecule has 0 saturated carbocycles. The van der Waals surface area contributed by atoms with Gasteiger partial charge in [-0.15, -0.1) is 37.2 Å². The Morgan fingerprint density at radius 2 is 1.53 bits per heavy atom. The molecule has 0 spiro atoms. The van der Waals surface area contributed by atoms with Crippen molar-refractivity contribution in [2.75, 3.05) is 0 Å². The van der Waals surface area contributed by atoms with Crippen LogP contribution in [0, 0.1) is 0 Å². The minimum absolute atomic E-state index is 0. The Morgan fingerprint density at radius 1 is 0.882 bits per heavy atom. The van der Waals surface area contributed by atoms with E-state index in [1.807, 2.05) is 24.3 Å². The van der Waals surface area contributed by atoms with Crippen LogP contribution in [0.3, 0.4) is 0 Å². The zero-order valence-corrected chi connectivity index (χ0v) is 11.5. The largest absolute Gasteiger partial charge is 0.326 e. The molecule has 17 heavy (non-hydrogen) atoms. The third kappa shape index (κ3) is 4.92. The van der Waals surface area contributed by atoms with Gasteiger partial charge in [0.25, 0.3) is 0 Å². The van der Waals surface area contributed by atoms with Gasteiger partial charge >= 0.3 is 0 Å². The molecule has 1 heterocycles. The summed E-state index contributed by atoms with van der Waals surface area (Å²) in [6.07, 6.45) is 3.59. The highest BCUT2D eigenvalue weighted by atomic mass is 35.5. The molecule has 2 aromatic rings. The molecule has 2 N–H and O–H groups in total. The quantitative estimate of drug-likeness (QED) is 0.921. The van der Waals surface area contributed by atoms with Crippen molar-refractivity contribution in [3.8, 4) is 11.1 Å². The van der Waals surface area contributed by atoms with Crippen molar-refractivity contribution in [1.29, 1.82) is 0 Å². The second-order valence-electron chi connectivity index (χ2n) is 3.14. The molecule has 1 aromatic carbocycles. The average Bonchev–Trinajstić information content (AvgIpc) is 2.30. The smallest absolute Gasteiger partial charge is 0.0273 e. The third-order valence-corrected chi connectivity index (χ3v) is 2.18. The number of pyridine rings is 1. The normalized spacial score (nSPS) is 8.29. The maximum Gasteiger partial charge on any atom is 0.0273 e. The van der Waals surface area contributed by atoms with Gasteiger partial charge in [0.15, 0.2) is 0 Å². The van der Waals surface area contributed by atoms with Gasteiger partial charge in [-0.2, -0.15) is 0 Å². The maximum atomic E-state index is 5.58. The lowest BCUT2D eigenvalue weighted by Gasteiger charge is -2.02. The summed E-state index contributed by atoms with van der Waals surface area (Å²) in [5.41, 5.74) is 9.10. The van der Waals surface area contributed by atoms with Gasteiger partial charge in [-0.05, 0) is 34.9 Å². The van der Waals surface area contributed by atoms with Crippen molar-refractivity contribution < 1.29 is 0 Å². The molecule has 0 unspecified atom stereocenters. The first-order chi connectivity index (χ1) is 6.90. The molecule has 94 valence electrons. The molecule has 0 saturated heterocycles. The monoisotopic (exact) mass is 292 g/mol. The summed E-state index contributed by atoms with van der Waals surface area (Å²) in [6, 6.07) is 12.2. The van der Waals surface area contributed by atoms with E-state index in [0.29, 0.717) is 6.54 Å². The number of hydrogen-bond acceptors (Lipinski definition) is 2. The minimum atomic E-state index is 0. The molecule has 0 aliphatic heterocycles. The molecule has 0 fully saturated rings. The Balaban J connectivity index is 0. The van der Waals surface area contributed by atoms with Crippen LogP contribution in [0.15, 0.2) is 48.8 Å². The molecular weight excluding hydrogens is 279 g/mol. The number of benzene rings is 1. The van der Waals surface area contributed by atoms with Gasteiger partial charge in [0, 0.05) is 18.9 Å². The van der Waals surface area contributed by atoms with E-state index in [1.165, 1.54) is 11.1 Å². The number of hydrogen-bond donors (Lipinski definition) is 1. The van der Waals surface area contributed by atoms with Crippen LogP contribution in [0.5, 0.6) is 0 Å². The summed E-state index contributed by atoms with van der Waals surface area (Å²) in [4.78, 5) is 3.99. The summed E-state index contributed by atoms with van der Waals surface area (Å²) in [5, 5.41) is 0. The Bertz CT molecular complexity index is 421. The molecule has 0 aliphatic carbocycles. The van der Waals surface area contributed by atoms with Gasteiger partial charge in [0.2, 0.25) is 0 Å². The van der Waals surface area contributed by atoms with Crippen molar-refractivity contribution >= 4 is 37.2 Å². The fraction of sp³-hybridized carbons (Fsp3) is 0.0833. The number of aromatic nitrogens is 1. The van der Waals surface area contributed by atoms with E-state index < -0.39 is 0 Å². The Morgan fingerprint density at radius 3 is 2.12 bits per heavy atom. The fourth-order valence-corrected chi connectivity index (χ4v) is 1.42. The molecule has 0 amide bonds. The van der Waals surface area contributed by atoms with E-state index >= 15 is 0 Å².